The number of hydrogen-bond acceptors (Lipinski definition) is 7. The highest BCUT2D eigenvalue weighted by molar-refractivity contribution is 5.93. The van der Waals surface area contributed by atoms with Gasteiger partial charge in [0.1, 0.15) is 17.6 Å². The zero-order valence-corrected chi connectivity index (χ0v) is 17.9. The molecule has 0 aliphatic carbocycles. The molecule has 0 spiro atoms. The van der Waals surface area contributed by atoms with E-state index < -0.39 is 24.1 Å². The van der Waals surface area contributed by atoms with E-state index in [9.17, 15) is 14.7 Å². The molecule has 7 heteroatoms. The summed E-state index contributed by atoms with van der Waals surface area (Å²) in [6.07, 6.45) is -1.05. The monoisotopic (exact) mass is 425 g/mol. The van der Waals surface area contributed by atoms with Crippen molar-refractivity contribution in [3.8, 4) is 16.9 Å². The lowest BCUT2D eigenvalue weighted by Gasteiger charge is -2.30. The summed E-state index contributed by atoms with van der Waals surface area (Å²) in [5.41, 5.74) is 2.74. The van der Waals surface area contributed by atoms with Gasteiger partial charge in [0, 0.05) is 11.5 Å². The third kappa shape index (κ3) is 5.24. The molecule has 0 saturated heterocycles. The van der Waals surface area contributed by atoms with Crippen LogP contribution in [-0.4, -0.2) is 36.5 Å². The lowest BCUT2D eigenvalue weighted by Crippen LogP contribution is -2.35. The van der Waals surface area contributed by atoms with Crippen LogP contribution in [0.3, 0.4) is 0 Å². The maximum atomic E-state index is 12.9. The van der Waals surface area contributed by atoms with Gasteiger partial charge in [-0.3, -0.25) is 4.79 Å². The molecule has 0 fully saturated rings. The summed E-state index contributed by atoms with van der Waals surface area (Å²) in [5, 5.41) is 12.6. The van der Waals surface area contributed by atoms with Crippen LogP contribution < -0.4 is 10.1 Å². The van der Waals surface area contributed by atoms with Gasteiger partial charge in [0.25, 0.3) is 0 Å². The molecular weight excluding hydrogens is 398 g/mol. The molecule has 0 bridgehead atoms. The fourth-order valence-electron chi connectivity index (χ4n) is 3.54. The van der Waals surface area contributed by atoms with Gasteiger partial charge in [-0.2, -0.15) is 0 Å². The average molecular weight is 425 g/mol. The van der Waals surface area contributed by atoms with Crippen LogP contribution in [0.1, 0.15) is 38.7 Å². The Balaban J connectivity index is 2.13. The molecule has 3 rings (SSSR count). The van der Waals surface area contributed by atoms with Gasteiger partial charge >= 0.3 is 11.9 Å². The minimum atomic E-state index is -0.979. The lowest BCUT2D eigenvalue weighted by molar-refractivity contribution is -0.143. The molecule has 1 heterocycles. The number of hydrogen-bond donors (Lipinski definition) is 2. The highest BCUT2D eigenvalue weighted by atomic mass is 16.5. The number of rotatable bonds is 8. The molecule has 0 saturated carbocycles. The van der Waals surface area contributed by atoms with Crippen molar-refractivity contribution in [3.63, 3.8) is 0 Å². The fourth-order valence-corrected chi connectivity index (χ4v) is 3.54. The van der Waals surface area contributed by atoms with E-state index in [-0.39, 0.29) is 31.1 Å². The topological polar surface area (TPSA) is 94.1 Å². The molecule has 1 aliphatic heterocycles. The van der Waals surface area contributed by atoms with Crippen molar-refractivity contribution < 1.29 is 28.9 Å². The van der Waals surface area contributed by atoms with Gasteiger partial charge in [-0.1, -0.05) is 36.4 Å². The summed E-state index contributed by atoms with van der Waals surface area (Å²) in [7, 11) is 0. The molecule has 2 aromatic carbocycles. The quantitative estimate of drug-likeness (QED) is 0.494. The van der Waals surface area contributed by atoms with Crippen molar-refractivity contribution in [1.29, 1.82) is 0 Å². The molecule has 0 aromatic heterocycles. The zero-order chi connectivity index (χ0) is 22.4. The van der Waals surface area contributed by atoms with Crippen molar-refractivity contribution in [2.45, 2.75) is 39.3 Å². The summed E-state index contributed by atoms with van der Waals surface area (Å²) in [6.45, 7) is 5.33. The van der Waals surface area contributed by atoms with Crippen LogP contribution >= 0.6 is 0 Å². The first-order chi connectivity index (χ1) is 14.9. The van der Waals surface area contributed by atoms with Crippen molar-refractivity contribution >= 4 is 11.9 Å². The van der Waals surface area contributed by atoms with E-state index in [1.54, 1.807) is 19.9 Å². The van der Waals surface area contributed by atoms with E-state index >= 15 is 0 Å². The maximum absolute atomic E-state index is 12.9. The van der Waals surface area contributed by atoms with Crippen molar-refractivity contribution in [3.05, 3.63) is 65.6 Å². The Kier molecular flexibility index (Phi) is 7.31. The number of aliphatic hydroxyl groups is 1. The highest BCUT2D eigenvalue weighted by Crippen LogP contribution is 2.43. The summed E-state index contributed by atoms with van der Waals surface area (Å²) in [5.74, 6) is -1.15. The predicted molar refractivity (Wildman–Crippen MR) is 115 cm³/mol. The molecule has 31 heavy (non-hydrogen) atoms. The number of carbonyl (C=O) groups excluding carboxylic acids is 2. The molecule has 1 aliphatic rings. The number of fused-ring (bicyclic) bond motifs is 1. The number of ether oxygens (including phenoxy) is 3. The van der Waals surface area contributed by atoms with E-state index in [1.807, 2.05) is 42.5 Å². The standard InChI is InChI=1S/C24H27NO6/c1-4-29-21(27)14-19-18-13-17(16-9-7-6-8-10-16)11-12-20(18)31-23(25-15(3)26)22(19)24(28)30-5-2/h6-13,15,19,25-26H,4-5,14H2,1-3H3. The Morgan fingerprint density at radius 1 is 1.06 bits per heavy atom. The molecule has 164 valence electrons. The van der Waals surface area contributed by atoms with Crippen LogP contribution in [0, 0.1) is 0 Å². The van der Waals surface area contributed by atoms with Gasteiger partial charge in [-0.25, -0.2) is 4.79 Å². The number of aliphatic hydroxyl groups excluding tert-OH is 1. The first kappa shape index (κ1) is 22.4. The summed E-state index contributed by atoms with van der Waals surface area (Å²) >= 11 is 0. The molecule has 2 N–H and O–H groups in total. The van der Waals surface area contributed by atoms with Crippen molar-refractivity contribution in [2.24, 2.45) is 0 Å². The molecule has 2 atom stereocenters. The Hall–Kier alpha value is -3.32. The van der Waals surface area contributed by atoms with Crippen LogP contribution in [0.4, 0.5) is 0 Å². The molecular formula is C24H27NO6. The van der Waals surface area contributed by atoms with E-state index in [2.05, 4.69) is 5.32 Å². The van der Waals surface area contributed by atoms with Gasteiger partial charge < -0.3 is 24.6 Å². The van der Waals surface area contributed by atoms with Crippen LogP contribution in [0.5, 0.6) is 5.75 Å². The molecule has 7 nitrogen and oxygen atoms in total. The number of benzene rings is 2. The second-order valence-corrected chi connectivity index (χ2v) is 7.07. The van der Waals surface area contributed by atoms with Gasteiger partial charge in [-0.15, -0.1) is 0 Å². The molecule has 2 aromatic rings. The van der Waals surface area contributed by atoms with E-state index in [1.165, 1.54) is 6.92 Å². The molecule has 2 unspecified atom stereocenters. The highest BCUT2D eigenvalue weighted by Gasteiger charge is 2.37. The van der Waals surface area contributed by atoms with Crippen LogP contribution in [-0.2, 0) is 19.1 Å². The SMILES string of the molecule is CCOC(=O)CC1C(C(=O)OCC)=C(NC(C)O)Oc2ccc(-c3ccccc3)cc21. The van der Waals surface area contributed by atoms with Gasteiger partial charge in [0.15, 0.2) is 0 Å². The number of nitrogens with one attached hydrogen (secondary N) is 1. The smallest absolute Gasteiger partial charge is 0.340 e. The lowest BCUT2D eigenvalue weighted by atomic mass is 9.84. The van der Waals surface area contributed by atoms with Crippen LogP contribution in [0.15, 0.2) is 60.0 Å². The average Bonchev–Trinajstić information content (AvgIpc) is 2.74. The predicted octanol–water partition coefficient (Wildman–Crippen LogP) is 3.49. The Labute approximate surface area is 181 Å². The molecule has 0 radical (unpaired) electrons. The largest absolute Gasteiger partial charge is 0.466 e. The van der Waals surface area contributed by atoms with Gasteiger partial charge in [0.05, 0.1) is 19.6 Å². The van der Waals surface area contributed by atoms with E-state index in [0.29, 0.717) is 11.3 Å². The van der Waals surface area contributed by atoms with E-state index in [4.69, 9.17) is 14.2 Å². The third-order valence-corrected chi connectivity index (χ3v) is 4.81. The molecule has 0 amide bonds. The van der Waals surface area contributed by atoms with Crippen molar-refractivity contribution in [2.75, 3.05) is 13.2 Å². The first-order valence-corrected chi connectivity index (χ1v) is 10.3. The van der Waals surface area contributed by atoms with Gasteiger partial charge in [0.2, 0.25) is 5.88 Å². The summed E-state index contributed by atoms with van der Waals surface area (Å²) in [4.78, 5) is 25.3. The normalized spacial score (nSPS) is 16.1. The summed E-state index contributed by atoms with van der Waals surface area (Å²) in [6, 6.07) is 15.4. The number of carbonyl (C=O) groups is 2. The minimum Gasteiger partial charge on any atom is -0.466 e. The number of esters is 2. The zero-order valence-electron chi connectivity index (χ0n) is 17.9. The first-order valence-electron chi connectivity index (χ1n) is 10.3. The van der Waals surface area contributed by atoms with E-state index in [0.717, 1.165) is 11.1 Å². The Bertz CT molecular complexity index is 967. The van der Waals surface area contributed by atoms with Crippen molar-refractivity contribution in [1.82, 2.24) is 5.32 Å². The fraction of sp³-hybridized carbons (Fsp3) is 0.333. The summed E-state index contributed by atoms with van der Waals surface area (Å²) < 4.78 is 16.3. The van der Waals surface area contributed by atoms with Gasteiger partial charge in [-0.05, 0) is 44.0 Å². The van der Waals surface area contributed by atoms with Crippen LogP contribution in [0.25, 0.3) is 11.1 Å². The Morgan fingerprint density at radius 3 is 2.42 bits per heavy atom. The Morgan fingerprint density at radius 2 is 1.77 bits per heavy atom. The second kappa shape index (κ2) is 10.1. The third-order valence-electron chi connectivity index (χ3n) is 4.81. The van der Waals surface area contributed by atoms with Crippen LogP contribution in [0.2, 0.25) is 0 Å². The maximum Gasteiger partial charge on any atom is 0.340 e. The second-order valence-electron chi connectivity index (χ2n) is 7.07. The minimum absolute atomic E-state index is 0.0679.